The van der Waals surface area contributed by atoms with Gasteiger partial charge in [-0.05, 0) is 31.0 Å². The third-order valence-electron chi connectivity index (χ3n) is 4.63. The molecule has 2 heterocycles. The number of carbonyl (C=O) groups excluding carboxylic acids is 2. The lowest BCUT2D eigenvalue weighted by molar-refractivity contribution is -0.143. The van der Waals surface area contributed by atoms with Crippen molar-refractivity contribution in [2.75, 3.05) is 38.2 Å². The van der Waals surface area contributed by atoms with E-state index in [1.807, 2.05) is 0 Å². The molecule has 1 atom stereocenters. The number of hydrogen-bond acceptors (Lipinski definition) is 4. The Bertz CT molecular complexity index is 706. The largest absolute Gasteiger partial charge is 0.495 e. The van der Waals surface area contributed by atoms with E-state index in [4.69, 9.17) is 4.74 Å². The van der Waals surface area contributed by atoms with Crippen molar-refractivity contribution in [1.82, 2.24) is 10.2 Å². The second-order valence-corrected chi connectivity index (χ2v) is 6.20. The fraction of sp³-hybridized carbons (Fsp3) is 0.471. The van der Waals surface area contributed by atoms with Gasteiger partial charge in [0.05, 0.1) is 18.7 Å². The maximum atomic E-state index is 12.8. The number of aliphatic carboxylic acids is 1. The van der Waals surface area contributed by atoms with Crippen LogP contribution < -0.4 is 15.0 Å². The summed E-state index contributed by atoms with van der Waals surface area (Å²) in [5.41, 5.74) is 0.955. The van der Waals surface area contributed by atoms with Gasteiger partial charge >= 0.3 is 12.0 Å². The second kappa shape index (κ2) is 7.00. The van der Waals surface area contributed by atoms with Gasteiger partial charge in [-0.1, -0.05) is 0 Å². The summed E-state index contributed by atoms with van der Waals surface area (Å²) in [6.45, 7) is 1.78. The van der Waals surface area contributed by atoms with E-state index in [9.17, 15) is 19.5 Å². The number of likely N-dealkylation sites (tertiary alicyclic amines) is 1. The van der Waals surface area contributed by atoms with Gasteiger partial charge in [0, 0.05) is 31.7 Å². The van der Waals surface area contributed by atoms with E-state index in [2.05, 4.69) is 5.32 Å². The minimum Gasteiger partial charge on any atom is -0.495 e. The molecule has 0 saturated carbocycles. The van der Waals surface area contributed by atoms with Crippen molar-refractivity contribution in [2.24, 2.45) is 5.92 Å². The summed E-state index contributed by atoms with van der Waals surface area (Å²) in [5.74, 6) is -1.12. The first-order valence-electron chi connectivity index (χ1n) is 8.26. The van der Waals surface area contributed by atoms with Crippen LogP contribution in [0.1, 0.15) is 23.2 Å². The number of ether oxygens (including phenoxy) is 1. The second-order valence-electron chi connectivity index (χ2n) is 6.20. The molecule has 2 aliphatic heterocycles. The lowest BCUT2D eigenvalue weighted by Crippen LogP contribution is -2.42. The van der Waals surface area contributed by atoms with Crippen LogP contribution in [0.25, 0.3) is 0 Å². The molecule has 0 aromatic heterocycles. The van der Waals surface area contributed by atoms with E-state index in [0.717, 1.165) is 0 Å². The molecule has 0 bridgehead atoms. The predicted octanol–water partition coefficient (Wildman–Crippen LogP) is 1.16. The van der Waals surface area contributed by atoms with Crippen molar-refractivity contribution in [1.29, 1.82) is 0 Å². The van der Waals surface area contributed by atoms with E-state index in [1.165, 1.54) is 12.0 Å². The number of anilines is 1. The van der Waals surface area contributed by atoms with E-state index in [0.29, 0.717) is 49.5 Å². The smallest absolute Gasteiger partial charge is 0.322 e. The molecule has 0 radical (unpaired) electrons. The number of nitrogens with zero attached hydrogens (tertiary/aromatic N) is 2. The fourth-order valence-corrected chi connectivity index (χ4v) is 3.28. The van der Waals surface area contributed by atoms with Gasteiger partial charge in [-0.25, -0.2) is 4.79 Å². The first kappa shape index (κ1) is 17.1. The van der Waals surface area contributed by atoms with Gasteiger partial charge in [0.1, 0.15) is 5.75 Å². The highest BCUT2D eigenvalue weighted by Crippen LogP contribution is 2.31. The van der Waals surface area contributed by atoms with Gasteiger partial charge in [-0.15, -0.1) is 0 Å². The number of urea groups is 1. The van der Waals surface area contributed by atoms with Crippen LogP contribution in [0.15, 0.2) is 18.2 Å². The van der Waals surface area contributed by atoms with Crippen LogP contribution in [0.2, 0.25) is 0 Å². The zero-order chi connectivity index (χ0) is 18.0. The number of amides is 3. The van der Waals surface area contributed by atoms with Gasteiger partial charge in [0.2, 0.25) is 0 Å². The Morgan fingerprint density at radius 3 is 2.76 bits per heavy atom. The average molecular weight is 347 g/mol. The Kier molecular flexibility index (Phi) is 4.78. The summed E-state index contributed by atoms with van der Waals surface area (Å²) >= 11 is 0. The molecule has 2 N–H and O–H groups in total. The zero-order valence-electron chi connectivity index (χ0n) is 14.0. The quantitative estimate of drug-likeness (QED) is 0.851. The van der Waals surface area contributed by atoms with Crippen LogP contribution in [0.3, 0.4) is 0 Å². The normalized spacial score (nSPS) is 20.4. The van der Waals surface area contributed by atoms with Crippen molar-refractivity contribution >= 4 is 23.6 Å². The maximum Gasteiger partial charge on any atom is 0.322 e. The molecule has 3 rings (SSSR count). The van der Waals surface area contributed by atoms with Crippen molar-refractivity contribution in [3.05, 3.63) is 23.8 Å². The molecule has 3 amide bonds. The molecule has 25 heavy (non-hydrogen) atoms. The van der Waals surface area contributed by atoms with Crippen LogP contribution in [0.5, 0.6) is 5.75 Å². The molecular weight excluding hydrogens is 326 g/mol. The summed E-state index contributed by atoms with van der Waals surface area (Å²) in [6, 6.07) is 4.71. The number of benzene rings is 1. The highest BCUT2D eigenvalue weighted by Gasteiger charge is 2.30. The van der Waals surface area contributed by atoms with E-state index in [-0.39, 0.29) is 18.5 Å². The minimum absolute atomic E-state index is 0.208. The fourth-order valence-electron chi connectivity index (χ4n) is 3.28. The van der Waals surface area contributed by atoms with Crippen LogP contribution in [-0.4, -0.2) is 61.2 Å². The summed E-state index contributed by atoms with van der Waals surface area (Å²) in [6.07, 6.45) is 1.25. The Morgan fingerprint density at radius 2 is 2.12 bits per heavy atom. The lowest BCUT2D eigenvalue weighted by Gasteiger charge is -2.31. The van der Waals surface area contributed by atoms with E-state index in [1.54, 1.807) is 23.1 Å². The first-order chi connectivity index (χ1) is 12.0. The van der Waals surface area contributed by atoms with Gasteiger partial charge in [0.15, 0.2) is 0 Å². The van der Waals surface area contributed by atoms with Crippen molar-refractivity contribution in [3.63, 3.8) is 0 Å². The van der Waals surface area contributed by atoms with Crippen LogP contribution in [0.4, 0.5) is 10.5 Å². The third-order valence-corrected chi connectivity index (χ3v) is 4.63. The summed E-state index contributed by atoms with van der Waals surface area (Å²) < 4.78 is 5.31. The molecule has 134 valence electrons. The Balaban J connectivity index is 1.85. The highest BCUT2D eigenvalue weighted by atomic mass is 16.5. The number of methoxy groups -OCH3 is 1. The topological polar surface area (TPSA) is 99.2 Å². The molecule has 1 aromatic carbocycles. The SMILES string of the molecule is COc1ccc(C(=O)N2CCC[C@H](C(=O)O)C2)cc1N1CCNC1=O. The van der Waals surface area contributed by atoms with Gasteiger partial charge < -0.3 is 20.1 Å². The molecule has 2 saturated heterocycles. The van der Waals surface area contributed by atoms with Crippen LogP contribution >= 0.6 is 0 Å². The predicted molar refractivity (Wildman–Crippen MR) is 90.0 cm³/mol. The van der Waals surface area contributed by atoms with Crippen molar-refractivity contribution in [2.45, 2.75) is 12.8 Å². The first-order valence-corrected chi connectivity index (χ1v) is 8.26. The number of rotatable bonds is 4. The third kappa shape index (κ3) is 3.38. The molecule has 0 spiro atoms. The minimum atomic E-state index is -0.873. The molecule has 0 aliphatic carbocycles. The molecule has 2 aliphatic rings. The number of carboxylic acid groups (broad SMARTS) is 1. The molecule has 8 nitrogen and oxygen atoms in total. The van der Waals surface area contributed by atoms with Crippen LogP contribution in [-0.2, 0) is 4.79 Å². The molecule has 0 unspecified atom stereocenters. The van der Waals surface area contributed by atoms with Crippen molar-refractivity contribution < 1.29 is 24.2 Å². The average Bonchev–Trinajstić information content (AvgIpc) is 3.06. The summed E-state index contributed by atoms with van der Waals surface area (Å²) in [5, 5.41) is 11.9. The Labute approximate surface area is 145 Å². The maximum absolute atomic E-state index is 12.8. The van der Waals surface area contributed by atoms with Gasteiger partial charge in [0.25, 0.3) is 5.91 Å². The molecular formula is C17H21N3O5. The zero-order valence-corrected chi connectivity index (χ0v) is 14.0. The number of nitrogens with one attached hydrogen (secondary N) is 1. The lowest BCUT2D eigenvalue weighted by atomic mass is 9.97. The molecule has 1 aromatic rings. The van der Waals surface area contributed by atoms with E-state index < -0.39 is 11.9 Å². The van der Waals surface area contributed by atoms with Crippen molar-refractivity contribution in [3.8, 4) is 5.75 Å². The van der Waals surface area contributed by atoms with E-state index >= 15 is 0 Å². The monoisotopic (exact) mass is 347 g/mol. The number of carboxylic acids is 1. The van der Waals surface area contributed by atoms with Gasteiger partial charge in [-0.3, -0.25) is 14.5 Å². The van der Waals surface area contributed by atoms with Gasteiger partial charge in [-0.2, -0.15) is 0 Å². The highest BCUT2D eigenvalue weighted by molar-refractivity contribution is 6.00. The Hall–Kier alpha value is -2.77. The number of hydrogen-bond donors (Lipinski definition) is 2. The Morgan fingerprint density at radius 1 is 1.32 bits per heavy atom. The van der Waals surface area contributed by atoms with Crippen LogP contribution in [0, 0.1) is 5.92 Å². The number of carbonyl (C=O) groups is 3. The molecule has 8 heteroatoms. The summed E-state index contributed by atoms with van der Waals surface area (Å²) in [4.78, 5) is 39.0. The summed E-state index contributed by atoms with van der Waals surface area (Å²) in [7, 11) is 1.51. The number of piperidine rings is 1. The molecule has 2 fully saturated rings. The standard InChI is InChI=1S/C17H21N3O5/c1-25-14-5-4-11(9-13(14)20-8-6-18-17(20)24)15(21)19-7-2-3-12(10-19)16(22)23/h4-5,9,12H,2-3,6-8,10H2,1H3,(H,18,24)(H,22,23)/t12-/m0/s1.